The Morgan fingerprint density at radius 1 is 1.05 bits per heavy atom. The molecule has 0 aliphatic rings. The van der Waals surface area contributed by atoms with E-state index < -0.39 is 6.04 Å². The zero-order chi connectivity index (χ0) is 14.7. The highest BCUT2D eigenvalue weighted by atomic mass is 16.5. The van der Waals surface area contributed by atoms with Crippen LogP contribution in [0.25, 0.3) is 0 Å². The average molecular weight is 281 g/mol. The van der Waals surface area contributed by atoms with Gasteiger partial charge in [-0.3, -0.25) is 0 Å². The highest BCUT2D eigenvalue weighted by Crippen LogP contribution is 2.25. The van der Waals surface area contributed by atoms with Gasteiger partial charge in [-0.2, -0.15) is 4.98 Å². The third kappa shape index (κ3) is 3.09. The maximum atomic E-state index is 6.15. The topological polar surface area (TPSA) is 74.2 Å². The molecule has 1 heterocycles. The lowest BCUT2D eigenvalue weighted by atomic mass is 10.1. The Morgan fingerprint density at radius 3 is 2.52 bits per heavy atom. The van der Waals surface area contributed by atoms with Crippen LogP contribution in [-0.4, -0.2) is 10.1 Å². The second-order valence-electron chi connectivity index (χ2n) is 4.64. The molecular formula is C16H15N3O2. The van der Waals surface area contributed by atoms with Gasteiger partial charge in [-0.05, 0) is 29.8 Å². The van der Waals surface area contributed by atoms with Gasteiger partial charge in [0.1, 0.15) is 11.5 Å². The number of para-hydroxylation sites is 1. The Hall–Kier alpha value is -2.66. The summed E-state index contributed by atoms with van der Waals surface area (Å²) >= 11 is 0. The van der Waals surface area contributed by atoms with E-state index in [2.05, 4.69) is 10.1 Å². The minimum Gasteiger partial charge on any atom is -0.457 e. The zero-order valence-electron chi connectivity index (χ0n) is 11.6. The van der Waals surface area contributed by atoms with E-state index in [4.69, 9.17) is 15.0 Å². The van der Waals surface area contributed by atoms with Crippen LogP contribution in [0.2, 0.25) is 0 Å². The Bertz CT molecular complexity index is 725. The number of benzene rings is 2. The van der Waals surface area contributed by atoms with Gasteiger partial charge in [0.2, 0.25) is 5.89 Å². The summed E-state index contributed by atoms with van der Waals surface area (Å²) in [4.78, 5) is 4.16. The summed E-state index contributed by atoms with van der Waals surface area (Å²) in [5.74, 6) is 2.45. The number of aromatic nitrogens is 2. The Morgan fingerprint density at radius 2 is 1.81 bits per heavy atom. The van der Waals surface area contributed by atoms with E-state index in [1.807, 2.05) is 54.6 Å². The van der Waals surface area contributed by atoms with Crippen LogP contribution < -0.4 is 10.5 Å². The van der Waals surface area contributed by atoms with Crippen LogP contribution in [-0.2, 0) is 0 Å². The lowest BCUT2D eigenvalue weighted by Gasteiger charge is -2.10. The van der Waals surface area contributed by atoms with Crippen LogP contribution in [0, 0.1) is 6.92 Å². The molecule has 0 amide bonds. The van der Waals surface area contributed by atoms with Gasteiger partial charge in [0, 0.05) is 6.92 Å². The van der Waals surface area contributed by atoms with Gasteiger partial charge in [0.25, 0.3) is 0 Å². The molecule has 0 aliphatic heterocycles. The van der Waals surface area contributed by atoms with Crippen molar-refractivity contribution in [3.8, 4) is 11.5 Å². The average Bonchev–Trinajstić information content (AvgIpc) is 2.94. The first-order chi connectivity index (χ1) is 10.2. The SMILES string of the molecule is Cc1nc(C(N)c2cccc(Oc3ccccc3)c2)no1. The van der Waals surface area contributed by atoms with E-state index in [1.165, 1.54) is 0 Å². The van der Waals surface area contributed by atoms with Gasteiger partial charge in [0.05, 0.1) is 6.04 Å². The second kappa shape index (κ2) is 5.76. The molecule has 0 spiro atoms. The number of hydrogen-bond donors (Lipinski definition) is 1. The third-order valence-electron chi connectivity index (χ3n) is 3.02. The van der Waals surface area contributed by atoms with Crippen molar-refractivity contribution in [3.05, 3.63) is 71.9 Å². The lowest BCUT2D eigenvalue weighted by molar-refractivity contribution is 0.385. The summed E-state index contributed by atoms with van der Waals surface area (Å²) in [5.41, 5.74) is 7.02. The predicted molar refractivity (Wildman–Crippen MR) is 78.0 cm³/mol. The molecule has 2 N–H and O–H groups in total. The molecule has 1 unspecified atom stereocenters. The second-order valence-corrected chi connectivity index (χ2v) is 4.64. The monoisotopic (exact) mass is 281 g/mol. The van der Waals surface area contributed by atoms with E-state index in [0.717, 1.165) is 17.1 Å². The zero-order valence-corrected chi connectivity index (χ0v) is 11.6. The summed E-state index contributed by atoms with van der Waals surface area (Å²) in [7, 11) is 0. The van der Waals surface area contributed by atoms with E-state index >= 15 is 0 Å². The molecule has 1 aromatic heterocycles. The van der Waals surface area contributed by atoms with Crippen molar-refractivity contribution in [2.24, 2.45) is 5.73 Å². The number of ether oxygens (including phenoxy) is 1. The minimum absolute atomic E-state index is 0.443. The van der Waals surface area contributed by atoms with Crippen molar-refractivity contribution in [1.29, 1.82) is 0 Å². The van der Waals surface area contributed by atoms with Crippen molar-refractivity contribution in [2.75, 3.05) is 0 Å². The number of rotatable bonds is 4. The third-order valence-corrected chi connectivity index (χ3v) is 3.02. The van der Waals surface area contributed by atoms with Crippen LogP contribution in [0.15, 0.2) is 59.1 Å². The first-order valence-corrected chi connectivity index (χ1v) is 6.61. The molecule has 0 aliphatic carbocycles. The fraction of sp³-hybridized carbons (Fsp3) is 0.125. The quantitative estimate of drug-likeness (QED) is 0.794. The largest absolute Gasteiger partial charge is 0.457 e. The van der Waals surface area contributed by atoms with Crippen molar-refractivity contribution < 1.29 is 9.26 Å². The summed E-state index contributed by atoms with van der Waals surface area (Å²) in [5, 5.41) is 3.85. The standard InChI is InChI=1S/C16H15N3O2/c1-11-18-16(19-21-11)15(17)12-6-5-9-14(10-12)20-13-7-3-2-4-8-13/h2-10,15H,17H2,1H3. The first kappa shape index (κ1) is 13.3. The van der Waals surface area contributed by atoms with Crippen molar-refractivity contribution in [3.63, 3.8) is 0 Å². The highest BCUT2D eigenvalue weighted by molar-refractivity contribution is 5.36. The van der Waals surface area contributed by atoms with Crippen molar-refractivity contribution in [1.82, 2.24) is 10.1 Å². The minimum atomic E-state index is -0.443. The fourth-order valence-electron chi connectivity index (χ4n) is 1.99. The molecule has 0 fully saturated rings. The lowest BCUT2D eigenvalue weighted by Crippen LogP contribution is -2.13. The van der Waals surface area contributed by atoms with Gasteiger partial charge in [0.15, 0.2) is 5.82 Å². The smallest absolute Gasteiger partial charge is 0.223 e. The van der Waals surface area contributed by atoms with Gasteiger partial charge in [-0.15, -0.1) is 0 Å². The number of aryl methyl sites for hydroxylation is 1. The van der Waals surface area contributed by atoms with Crippen LogP contribution in [0.5, 0.6) is 11.5 Å². The molecule has 3 aromatic rings. The molecule has 0 radical (unpaired) electrons. The van der Waals surface area contributed by atoms with Crippen LogP contribution in [0.3, 0.4) is 0 Å². The van der Waals surface area contributed by atoms with Crippen LogP contribution in [0.4, 0.5) is 0 Å². The molecule has 5 nitrogen and oxygen atoms in total. The van der Waals surface area contributed by atoms with E-state index in [-0.39, 0.29) is 0 Å². The first-order valence-electron chi connectivity index (χ1n) is 6.61. The van der Waals surface area contributed by atoms with Crippen LogP contribution in [0.1, 0.15) is 23.3 Å². The number of nitrogens with zero attached hydrogens (tertiary/aromatic N) is 2. The number of nitrogens with two attached hydrogens (primary N) is 1. The van der Waals surface area contributed by atoms with Gasteiger partial charge >= 0.3 is 0 Å². The Labute approximate surface area is 122 Å². The maximum Gasteiger partial charge on any atom is 0.223 e. The molecule has 0 saturated heterocycles. The van der Waals surface area contributed by atoms with Crippen molar-refractivity contribution in [2.45, 2.75) is 13.0 Å². The molecule has 0 bridgehead atoms. The van der Waals surface area contributed by atoms with E-state index in [9.17, 15) is 0 Å². The van der Waals surface area contributed by atoms with Crippen molar-refractivity contribution >= 4 is 0 Å². The Kier molecular flexibility index (Phi) is 3.66. The van der Waals surface area contributed by atoms with E-state index in [1.54, 1.807) is 6.92 Å². The summed E-state index contributed by atoms with van der Waals surface area (Å²) in [6.07, 6.45) is 0. The van der Waals surface area contributed by atoms with Crippen LogP contribution >= 0.6 is 0 Å². The molecule has 5 heteroatoms. The molecule has 2 aromatic carbocycles. The van der Waals surface area contributed by atoms with Gasteiger partial charge < -0.3 is 15.0 Å². The number of hydrogen-bond acceptors (Lipinski definition) is 5. The van der Waals surface area contributed by atoms with Gasteiger partial charge in [-0.25, -0.2) is 0 Å². The van der Waals surface area contributed by atoms with Gasteiger partial charge in [-0.1, -0.05) is 35.5 Å². The highest BCUT2D eigenvalue weighted by Gasteiger charge is 2.15. The molecular weight excluding hydrogens is 266 g/mol. The molecule has 21 heavy (non-hydrogen) atoms. The normalized spacial score (nSPS) is 12.1. The van der Waals surface area contributed by atoms with E-state index in [0.29, 0.717) is 11.7 Å². The molecule has 0 saturated carbocycles. The predicted octanol–water partition coefficient (Wildman–Crippen LogP) is 3.22. The maximum absolute atomic E-state index is 6.15. The summed E-state index contributed by atoms with van der Waals surface area (Å²) < 4.78 is 10.8. The Balaban J connectivity index is 1.83. The summed E-state index contributed by atoms with van der Waals surface area (Å²) in [6, 6.07) is 16.7. The molecule has 106 valence electrons. The molecule has 3 rings (SSSR count). The fourth-order valence-corrected chi connectivity index (χ4v) is 1.99. The summed E-state index contributed by atoms with van der Waals surface area (Å²) in [6.45, 7) is 1.73. The molecule has 1 atom stereocenters.